The Labute approximate surface area is 154 Å². The van der Waals surface area contributed by atoms with E-state index in [4.69, 9.17) is 0 Å². The van der Waals surface area contributed by atoms with Crippen molar-refractivity contribution in [3.05, 3.63) is 41.2 Å². The number of hydrogen-bond donors (Lipinski definition) is 0. The second-order valence-corrected chi connectivity index (χ2v) is 7.86. The zero-order valence-electron chi connectivity index (χ0n) is 13.8. The number of anilines is 1. The summed E-state index contributed by atoms with van der Waals surface area (Å²) in [5, 5.41) is 8.59. The van der Waals surface area contributed by atoms with Crippen LogP contribution < -0.4 is 4.90 Å². The minimum atomic E-state index is 0.509. The molecule has 6 nitrogen and oxygen atoms in total. The summed E-state index contributed by atoms with van der Waals surface area (Å²) in [6.07, 6.45) is 10.4. The van der Waals surface area contributed by atoms with Gasteiger partial charge in [0.05, 0.1) is 11.2 Å². The smallest absolute Gasteiger partial charge is 0.136 e. The van der Waals surface area contributed by atoms with Gasteiger partial charge in [0.25, 0.3) is 0 Å². The van der Waals surface area contributed by atoms with Crippen molar-refractivity contribution in [2.24, 2.45) is 0 Å². The first-order valence-corrected chi connectivity index (χ1v) is 9.63. The fourth-order valence-corrected chi connectivity index (χ4v) is 4.12. The molecule has 0 unspecified atom stereocenters. The molecule has 4 heterocycles. The lowest BCUT2D eigenvalue weighted by Crippen LogP contribution is -2.34. The SMILES string of the molecule is Brc1cnc2c(N3CCC(c4nncn4C4CC4)CC3)ccnc2c1. The van der Waals surface area contributed by atoms with Crippen molar-refractivity contribution < 1.29 is 0 Å². The molecule has 25 heavy (non-hydrogen) atoms. The molecule has 1 saturated heterocycles. The molecule has 1 saturated carbocycles. The normalized spacial score (nSPS) is 18.8. The van der Waals surface area contributed by atoms with E-state index >= 15 is 0 Å². The van der Waals surface area contributed by atoms with Crippen LogP contribution in [0.15, 0.2) is 35.3 Å². The molecule has 0 N–H and O–H groups in total. The van der Waals surface area contributed by atoms with Gasteiger partial charge in [0, 0.05) is 41.9 Å². The molecule has 0 bridgehead atoms. The molecule has 2 fully saturated rings. The van der Waals surface area contributed by atoms with Crippen LogP contribution in [0, 0.1) is 0 Å². The zero-order chi connectivity index (χ0) is 16.8. The second kappa shape index (κ2) is 6.05. The van der Waals surface area contributed by atoms with Gasteiger partial charge in [-0.3, -0.25) is 9.97 Å². The number of pyridine rings is 2. The van der Waals surface area contributed by atoms with E-state index in [2.05, 4.69) is 51.6 Å². The molecule has 7 heteroatoms. The fourth-order valence-electron chi connectivity index (χ4n) is 3.80. The summed E-state index contributed by atoms with van der Waals surface area (Å²) < 4.78 is 3.27. The van der Waals surface area contributed by atoms with E-state index in [-0.39, 0.29) is 0 Å². The monoisotopic (exact) mass is 398 g/mol. The Kier molecular flexibility index (Phi) is 3.69. The Morgan fingerprint density at radius 3 is 2.72 bits per heavy atom. The van der Waals surface area contributed by atoms with Crippen molar-refractivity contribution in [1.82, 2.24) is 24.7 Å². The maximum atomic E-state index is 4.59. The van der Waals surface area contributed by atoms with Crippen LogP contribution in [-0.4, -0.2) is 37.8 Å². The number of piperidine rings is 1. The highest BCUT2D eigenvalue weighted by molar-refractivity contribution is 9.10. The van der Waals surface area contributed by atoms with Gasteiger partial charge in [-0.05, 0) is 53.7 Å². The van der Waals surface area contributed by atoms with Gasteiger partial charge in [0.15, 0.2) is 0 Å². The Bertz CT molecular complexity index is 911. The van der Waals surface area contributed by atoms with Gasteiger partial charge in [0.1, 0.15) is 17.7 Å². The minimum Gasteiger partial charge on any atom is -0.370 e. The highest BCUT2D eigenvalue weighted by atomic mass is 79.9. The molecule has 2 aliphatic rings. The highest BCUT2D eigenvalue weighted by Crippen LogP contribution is 2.39. The molecule has 3 aromatic heterocycles. The second-order valence-electron chi connectivity index (χ2n) is 6.94. The summed E-state index contributed by atoms with van der Waals surface area (Å²) >= 11 is 3.48. The number of rotatable bonds is 3. The van der Waals surface area contributed by atoms with Gasteiger partial charge in [0.2, 0.25) is 0 Å². The molecule has 3 aromatic rings. The topological polar surface area (TPSA) is 59.7 Å². The average Bonchev–Trinajstić information content (AvgIpc) is 3.38. The first-order chi connectivity index (χ1) is 12.3. The molecule has 0 spiro atoms. The average molecular weight is 399 g/mol. The van der Waals surface area contributed by atoms with E-state index < -0.39 is 0 Å². The van der Waals surface area contributed by atoms with Crippen LogP contribution in [0.1, 0.15) is 43.5 Å². The van der Waals surface area contributed by atoms with Crippen molar-refractivity contribution >= 4 is 32.7 Å². The van der Waals surface area contributed by atoms with Crippen molar-refractivity contribution in [2.45, 2.75) is 37.6 Å². The third kappa shape index (κ3) is 2.80. The van der Waals surface area contributed by atoms with Gasteiger partial charge in [-0.15, -0.1) is 10.2 Å². The summed E-state index contributed by atoms with van der Waals surface area (Å²) in [7, 11) is 0. The molecule has 0 radical (unpaired) electrons. The van der Waals surface area contributed by atoms with Crippen molar-refractivity contribution in [3.63, 3.8) is 0 Å². The lowest BCUT2D eigenvalue weighted by molar-refractivity contribution is 0.465. The highest BCUT2D eigenvalue weighted by Gasteiger charge is 2.31. The van der Waals surface area contributed by atoms with Crippen LogP contribution >= 0.6 is 15.9 Å². The molecule has 0 atom stereocenters. The third-order valence-electron chi connectivity index (χ3n) is 5.26. The molecular weight excluding hydrogens is 380 g/mol. The standard InChI is InChI=1S/C18H19BrN6/c19-13-9-15-17(21-10-13)16(3-6-20-15)24-7-4-12(5-8-24)18-23-22-11-25(18)14-1-2-14/h3,6,9-12,14H,1-2,4-5,7-8H2. The fraction of sp³-hybridized carbons (Fsp3) is 0.444. The van der Waals surface area contributed by atoms with Crippen LogP contribution in [0.2, 0.25) is 0 Å². The Hall–Kier alpha value is -2.02. The number of aromatic nitrogens is 5. The molecular formula is C18H19BrN6. The lowest BCUT2D eigenvalue weighted by Gasteiger charge is -2.33. The number of fused-ring (bicyclic) bond motifs is 1. The van der Waals surface area contributed by atoms with Gasteiger partial charge in [-0.25, -0.2) is 0 Å². The van der Waals surface area contributed by atoms with Crippen LogP contribution in [0.5, 0.6) is 0 Å². The molecule has 0 amide bonds. The lowest BCUT2D eigenvalue weighted by atomic mass is 9.95. The molecule has 5 rings (SSSR count). The van der Waals surface area contributed by atoms with Crippen LogP contribution in [0.3, 0.4) is 0 Å². The van der Waals surface area contributed by atoms with Crippen molar-refractivity contribution in [3.8, 4) is 0 Å². The van der Waals surface area contributed by atoms with E-state index in [0.717, 1.165) is 41.4 Å². The summed E-state index contributed by atoms with van der Waals surface area (Å²) in [4.78, 5) is 11.5. The molecule has 128 valence electrons. The van der Waals surface area contributed by atoms with E-state index in [9.17, 15) is 0 Å². The van der Waals surface area contributed by atoms with Crippen molar-refractivity contribution in [1.29, 1.82) is 0 Å². The summed E-state index contributed by atoms with van der Waals surface area (Å²) in [6, 6.07) is 4.75. The zero-order valence-corrected chi connectivity index (χ0v) is 15.4. The molecule has 1 aliphatic carbocycles. The Balaban J connectivity index is 1.37. The van der Waals surface area contributed by atoms with Gasteiger partial charge in [-0.2, -0.15) is 0 Å². The van der Waals surface area contributed by atoms with E-state index in [0.29, 0.717) is 12.0 Å². The van der Waals surface area contributed by atoms with Gasteiger partial charge in [-0.1, -0.05) is 0 Å². The van der Waals surface area contributed by atoms with Gasteiger partial charge >= 0.3 is 0 Å². The van der Waals surface area contributed by atoms with Crippen LogP contribution in [0.4, 0.5) is 5.69 Å². The minimum absolute atomic E-state index is 0.509. The van der Waals surface area contributed by atoms with Crippen LogP contribution in [-0.2, 0) is 0 Å². The first-order valence-electron chi connectivity index (χ1n) is 8.84. The number of nitrogens with zero attached hydrogens (tertiary/aromatic N) is 6. The summed E-state index contributed by atoms with van der Waals surface area (Å²) in [6.45, 7) is 2.03. The van der Waals surface area contributed by atoms with E-state index in [1.807, 2.05) is 24.8 Å². The largest absolute Gasteiger partial charge is 0.370 e. The van der Waals surface area contributed by atoms with E-state index in [1.54, 1.807) is 0 Å². The maximum absolute atomic E-state index is 4.59. The number of halogens is 1. The first kappa shape index (κ1) is 15.3. The summed E-state index contributed by atoms with van der Waals surface area (Å²) in [5.74, 6) is 1.69. The maximum Gasteiger partial charge on any atom is 0.136 e. The van der Waals surface area contributed by atoms with Gasteiger partial charge < -0.3 is 9.47 Å². The van der Waals surface area contributed by atoms with Crippen molar-refractivity contribution in [2.75, 3.05) is 18.0 Å². The predicted molar refractivity (Wildman–Crippen MR) is 99.7 cm³/mol. The quantitative estimate of drug-likeness (QED) is 0.672. The Morgan fingerprint density at radius 1 is 1.08 bits per heavy atom. The summed E-state index contributed by atoms with van der Waals surface area (Å²) in [5.41, 5.74) is 3.09. The molecule has 1 aliphatic heterocycles. The van der Waals surface area contributed by atoms with E-state index in [1.165, 1.54) is 24.4 Å². The molecule has 0 aromatic carbocycles. The Morgan fingerprint density at radius 2 is 1.92 bits per heavy atom. The van der Waals surface area contributed by atoms with Crippen LogP contribution in [0.25, 0.3) is 11.0 Å². The number of hydrogen-bond acceptors (Lipinski definition) is 5. The third-order valence-corrected chi connectivity index (χ3v) is 5.70. The predicted octanol–water partition coefficient (Wildman–Crippen LogP) is 3.70.